The Kier molecular flexibility index (Phi) is 3.22. The van der Waals surface area contributed by atoms with Crippen molar-refractivity contribution < 1.29 is 9.84 Å². The Labute approximate surface area is 124 Å². The number of hydrogen-bond acceptors (Lipinski definition) is 4. The molecule has 3 atom stereocenters. The molecule has 0 aliphatic heterocycles. The fraction of sp³-hybridized carbons (Fsp3) is 0.562. The van der Waals surface area contributed by atoms with E-state index in [0.717, 1.165) is 17.5 Å². The maximum Gasteiger partial charge on any atom is 0.138 e. The smallest absolute Gasteiger partial charge is 0.138 e. The van der Waals surface area contributed by atoms with Crippen LogP contribution in [0.1, 0.15) is 45.2 Å². The topological polar surface area (TPSA) is 73.3 Å². The molecule has 1 saturated carbocycles. The minimum absolute atomic E-state index is 0.00735. The Hall–Kier alpha value is -1.59. The third-order valence-corrected chi connectivity index (χ3v) is 4.84. The fourth-order valence-electron chi connectivity index (χ4n) is 3.46. The highest BCUT2D eigenvalue weighted by molar-refractivity contribution is 5.80. The number of rotatable bonds is 3. The number of aliphatic hydroxyl groups excluding tert-OH is 1. The summed E-state index contributed by atoms with van der Waals surface area (Å²) in [4.78, 5) is 4.58. The average molecular weight is 289 g/mol. The fourth-order valence-corrected chi connectivity index (χ4v) is 3.46. The molecular weight excluding hydrogens is 266 g/mol. The molecule has 5 nitrogen and oxygen atoms in total. The number of nitrogens with two attached hydrogens (primary N) is 1. The number of hydrogen-bond donors (Lipinski definition) is 2. The van der Waals surface area contributed by atoms with Gasteiger partial charge in [-0.05, 0) is 31.5 Å². The SMILES string of the molecule is COC1CC(n2c(C(C)O)nc3cc(N)ccc32)C1(C)C. The van der Waals surface area contributed by atoms with Crippen molar-refractivity contribution in [2.75, 3.05) is 12.8 Å². The molecule has 1 aliphatic rings. The zero-order valence-electron chi connectivity index (χ0n) is 13.0. The van der Waals surface area contributed by atoms with Crippen LogP contribution in [0, 0.1) is 5.41 Å². The average Bonchev–Trinajstić information content (AvgIpc) is 2.76. The van der Waals surface area contributed by atoms with E-state index in [1.165, 1.54) is 0 Å². The summed E-state index contributed by atoms with van der Waals surface area (Å²) in [6, 6.07) is 5.99. The Morgan fingerprint density at radius 2 is 2.19 bits per heavy atom. The molecule has 0 saturated heterocycles. The van der Waals surface area contributed by atoms with Gasteiger partial charge in [0, 0.05) is 24.3 Å². The van der Waals surface area contributed by atoms with Gasteiger partial charge < -0.3 is 20.1 Å². The summed E-state index contributed by atoms with van der Waals surface area (Å²) in [6.45, 7) is 6.15. The van der Waals surface area contributed by atoms with Crippen LogP contribution in [0.25, 0.3) is 11.0 Å². The van der Waals surface area contributed by atoms with E-state index < -0.39 is 6.10 Å². The van der Waals surface area contributed by atoms with Gasteiger partial charge in [0.15, 0.2) is 0 Å². The second-order valence-electron chi connectivity index (χ2n) is 6.56. The quantitative estimate of drug-likeness (QED) is 0.852. The van der Waals surface area contributed by atoms with Crippen molar-refractivity contribution >= 4 is 16.7 Å². The molecule has 114 valence electrons. The van der Waals surface area contributed by atoms with Gasteiger partial charge in [-0.3, -0.25) is 0 Å². The van der Waals surface area contributed by atoms with Gasteiger partial charge in [0.2, 0.25) is 0 Å². The normalized spacial score (nSPS) is 25.8. The van der Waals surface area contributed by atoms with E-state index >= 15 is 0 Å². The number of imidazole rings is 1. The Morgan fingerprint density at radius 3 is 2.76 bits per heavy atom. The Morgan fingerprint density at radius 1 is 1.48 bits per heavy atom. The second-order valence-corrected chi connectivity index (χ2v) is 6.56. The molecular formula is C16H23N3O2. The van der Waals surface area contributed by atoms with Crippen molar-refractivity contribution in [1.29, 1.82) is 0 Å². The van der Waals surface area contributed by atoms with Crippen molar-refractivity contribution in [2.45, 2.75) is 45.4 Å². The molecule has 0 radical (unpaired) electrons. The lowest BCUT2D eigenvalue weighted by Gasteiger charge is -2.52. The zero-order chi connectivity index (χ0) is 15.4. The van der Waals surface area contributed by atoms with E-state index in [1.54, 1.807) is 14.0 Å². The van der Waals surface area contributed by atoms with Crippen LogP contribution in [0.5, 0.6) is 0 Å². The van der Waals surface area contributed by atoms with Gasteiger partial charge in [0.1, 0.15) is 11.9 Å². The largest absolute Gasteiger partial charge is 0.399 e. The first kappa shape index (κ1) is 14.4. The van der Waals surface area contributed by atoms with Crippen LogP contribution < -0.4 is 5.73 Å². The lowest BCUT2D eigenvalue weighted by atomic mass is 9.64. The molecule has 2 aromatic rings. The van der Waals surface area contributed by atoms with Crippen LogP contribution in [0.2, 0.25) is 0 Å². The predicted octanol–water partition coefficient (Wildman–Crippen LogP) is 2.66. The van der Waals surface area contributed by atoms with E-state index in [2.05, 4.69) is 23.4 Å². The minimum atomic E-state index is -0.615. The number of benzene rings is 1. The zero-order valence-corrected chi connectivity index (χ0v) is 13.0. The van der Waals surface area contributed by atoms with E-state index in [1.807, 2.05) is 18.2 Å². The first-order valence-electron chi connectivity index (χ1n) is 7.34. The highest BCUT2D eigenvalue weighted by Gasteiger charge is 2.50. The van der Waals surface area contributed by atoms with E-state index in [0.29, 0.717) is 11.5 Å². The van der Waals surface area contributed by atoms with Crippen molar-refractivity contribution in [2.24, 2.45) is 5.41 Å². The van der Waals surface area contributed by atoms with E-state index in [4.69, 9.17) is 10.5 Å². The van der Waals surface area contributed by atoms with E-state index in [-0.39, 0.29) is 17.6 Å². The number of ether oxygens (including phenoxy) is 1. The van der Waals surface area contributed by atoms with Gasteiger partial charge >= 0.3 is 0 Å². The standard InChI is InChI=1S/C16H23N3O2/c1-9(20)15-18-11-7-10(17)5-6-12(11)19(15)13-8-14(21-4)16(13,2)3/h5-7,9,13-14,20H,8,17H2,1-4H3. The van der Waals surface area contributed by atoms with Crippen LogP contribution in [-0.4, -0.2) is 27.9 Å². The summed E-state index contributed by atoms with van der Waals surface area (Å²) < 4.78 is 7.71. The van der Waals surface area contributed by atoms with Crippen molar-refractivity contribution in [3.8, 4) is 0 Å². The maximum absolute atomic E-state index is 10.1. The molecule has 1 fully saturated rings. The van der Waals surface area contributed by atoms with Gasteiger partial charge in [-0.1, -0.05) is 13.8 Å². The number of aliphatic hydroxyl groups is 1. The lowest BCUT2D eigenvalue weighted by Crippen LogP contribution is -2.51. The van der Waals surface area contributed by atoms with Crippen LogP contribution >= 0.6 is 0 Å². The molecule has 1 heterocycles. The summed E-state index contributed by atoms with van der Waals surface area (Å²) in [6.07, 6.45) is 0.547. The van der Waals surface area contributed by atoms with Gasteiger partial charge in [-0.15, -0.1) is 0 Å². The summed E-state index contributed by atoms with van der Waals surface area (Å²) in [5.74, 6) is 0.697. The molecule has 0 spiro atoms. The first-order valence-corrected chi connectivity index (χ1v) is 7.34. The molecule has 21 heavy (non-hydrogen) atoms. The number of aromatic nitrogens is 2. The molecule has 3 unspecified atom stereocenters. The predicted molar refractivity (Wildman–Crippen MR) is 83.0 cm³/mol. The summed E-state index contributed by atoms with van der Waals surface area (Å²) >= 11 is 0. The highest BCUT2D eigenvalue weighted by atomic mass is 16.5. The molecule has 3 rings (SSSR count). The molecule has 0 amide bonds. The Balaban J connectivity index is 2.15. The van der Waals surface area contributed by atoms with E-state index in [9.17, 15) is 5.11 Å². The van der Waals surface area contributed by atoms with Crippen molar-refractivity contribution in [3.05, 3.63) is 24.0 Å². The van der Waals surface area contributed by atoms with Crippen molar-refractivity contribution in [1.82, 2.24) is 9.55 Å². The monoisotopic (exact) mass is 289 g/mol. The van der Waals surface area contributed by atoms with Gasteiger partial charge in [0.25, 0.3) is 0 Å². The van der Waals surface area contributed by atoms with Crippen molar-refractivity contribution in [3.63, 3.8) is 0 Å². The molecule has 0 bridgehead atoms. The summed E-state index contributed by atoms with van der Waals surface area (Å²) in [5.41, 5.74) is 8.40. The highest BCUT2D eigenvalue weighted by Crippen LogP contribution is 2.52. The number of nitrogen functional groups attached to an aromatic ring is 1. The van der Waals surface area contributed by atoms with Gasteiger partial charge in [0.05, 0.1) is 17.1 Å². The molecule has 5 heteroatoms. The minimum Gasteiger partial charge on any atom is -0.399 e. The van der Waals surface area contributed by atoms with Gasteiger partial charge in [-0.25, -0.2) is 4.98 Å². The lowest BCUT2D eigenvalue weighted by molar-refractivity contribution is -0.113. The number of methoxy groups -OCH3 is 1. The van der Waals surface area contributed by atoms with Crippen LogP contribution in [0.3, 0.4) is 0 Å². The van der Waals surface area contributed by atoms with Crippen LogP contribution in [-0.2, 0) is 4.74 Å². The van der Waals surface area contributed by atoms with Crippen LogP contribution in [0.4, 0.5) is 5.69 Å². The maximum atomic E-state index is 10.1. The second kappa shape index (κ2) is 4.71. The summed E-state index contributed by atoms with van der Waals surface area (Å²) in [7, 11) is 1.75. The molecule has 1 aromatic carbocycles. The van der Waals surface area contributed by atoms with Gasteiger partial charge in [-0.2, -0.15) is 0 Å². The molecule has 1 aliphatic carbocycles. The molecule has 3 N–H and O–H groups in total. The number of nitrogens with zero attached hydrogens (tertiary/aromatic N) is 2. The first-order chi connectivity index (χ1) is 9.86. The third kappa shape index (κ3) is 2.03. The van der Waals surface area contributed by atoms with Crippen LogP contribution in [0.15, 0.2) is 18.2 Å². The summed E-state index contributed by atoms with van der Waals surface area (Å²) in [5, 5.41) is 10.1. The Bertz CT molecular complexity index is 675. The molecule has 1 aromatic heterocycles. The third-order valence-electron chi connectivity index (χ3n) is 4.84. The number of anilines is 1. The number of fused-ring (bicyclic) bond motifs is 1.